The molecule has 0 aliphatic rings. The molecule has 0 amide bonds. The van der Waals surface area contributed by atoms with E-state index in [1.54, 1.807) is 0 Å². The maximum Gasteiger partial charge on any atom is 0.0629 e. The number of hydrogen-bond donors (Lipinski definition) is 0. The van der Waals surface area contributed by atoms with E-state index in [2.05, 4.69) is 18.2 Å². The van der Waals surface area contributed by atoms with Crippen molar-refractivity contribution in [1.82, 2.24) is 0 Å². The van der Waals surface area contributed by atoms with Gasteiger partial charge in [0.15, 0.2) is 0 Å². The minimum atomic E-state index is -0.407. The van der Waals surface area contributed by atoms with E-state index in [0.717, 1.165) is 44.2 Å². The van der Waals surface area contributed by atoms with Crippen LogP contribution in [0.1, 0.15) is 6.85 Å². The molecule has 1 heteroatoms. The predicted octanol–water partition coefficient (Wildman–Crippen LogP) is 10.2. The van der Waals surface area contributed by atoms with E-state index in [4.69, 9.17) is 18.5 Å². The molecule has 6 rings (SSSR count). The van der Waals surface area contributed by atoms with E-state index >= 15 is 0 Å². The minimum Gasteiger partial charge on any atom is -0.0843 e. The molecule has 0 unspecified atom stereocenters. The van der Waals surface area contributed by atoms with Crippen LogP contribution in [0.5, 0.6) is 0 Å². The van der Waals surface area contributed by atoms with Crippen molar-refractivity contribution in [2.45, 2.75) is 0 Å². The first-order chi connectivity index (χ1) is 19.4. The summed E-state index contributed by atoms with van der Waals surface area (Å²) < 4.78 is 42.2. The monoisotopic (exact) mass is 471 g/mol. The molecule has 0 fully saturated rings. The van der Waals surface area contributed by atoms with Crippen molar-refractivity contribution >= 4 is 22.4 Å². The van der Waals surface area contributed by atoms with Gasteiger partial charge in [-0.25, -0.2) is 0 Å². The quantitative estimate of drug-likeness (QED) is 0.240. The summed E-state index contributed by atoms with van der Waals surface area (Å²) in [6, 6.07) is 34.1. The lowest BCUT2D eigenvalue weighted by molar-refractivity contribution is 1.58. The summed E-state index contributed by atoms with van der Waals surface area (Å²) in [6.45, 7) is 0. The van der Waals surface area contributed by atoms with Gasteiger partial charge in [-0.05, 0) is 67.4 Å². The first-order valence-electron chi connectivity index (χ1n) is 13.9. The van der Waals surface area contributed by atoms with Crippen LogP contribution in [0.15, 0.2) is 139 Å². The van der Waals surface area contributed by atoms with E-state index in [1.807, 2.05) is 91.0 Å². The van der Waals surface area contributed by atoms with Crippen LogP contribution in [0.25, 0.3) is 55.3 Å². The Bertz CT molecular complexity index is 1870. The summed E-state index contributed by atoms with van der Waals surface area (Å²) in [7, 11) is 0. The molecule has 0 aliphatic heterocycles. The maximum atomic E-state index is 8.74. The van der Waals surface area contributed by atoms with Crippen LogP contribution >= 0.6 is 11.6 Å². The molecule has 6 aromatic carbocycles. The van der Waals surface area contributed by atoms with E-state index in [1.165, 1.54) is 0 Å². The molecule has 0 heterocycles. The lowest BCUT2D eigenvalue weighted by Gasteiger charge is -2.19. The highest BCUT2D eigenvalue weighted by Crippen LogP contribution is 2.44. The third-order valence-electron chi connectivity index (χ3n) is 6.23. The predicted molar refractivity (Wildman–Crippen MR) is 151 cm³/mol. The standard InChI is InChI=1S/C34H23Cl/c35-28-20-22-30(32(23-28)25-13-6-2-7-14-25)31-18-10-17-27-19-21-29(24-11-4-1-5-12-24)33(34(27)31)26-15-8-3-9-16-26/h1-23H/i1D,4D,5D,11D,12D. The van der Waals surface area contributed by atoms with Crippen LogP contribution in [0, 0.1) is 0 Å². The summed E-state index contributed by atoms with van der Waals surface area (Å²) in [6.07, 6.45) is 0. The van der Waals surface area contributed by atoms with Crippen molar-refractivity contribution in [3.63, 3.8) is 0 Å². The van der Waals surface area contributed by atoms with Gasteiger partial charge >= 0.3 is 0 Å². The molecule has 0 saturated carbocycles. The van der Waals surface area contributed by atoms with Crippen molar-refractivity contribution in [2.75, 3.05) is 0 Å². The van der Waals surface area contributed by atoms with E-state index in [0.29, 0.717) is 10.6 Å². The lowest BCUT2D eigenvalue weighted by Crippen LogP contribution is -1.92. The van der Waals surface area contributed by atoms with Crippen LogP contribution in [-0.2, 0) is 0 Å². The third kappa shape index (κ3) is 4.03. The Morgan fingerprint density at radius 2 is 1.17 bits per heavy atom. The molecule has 0 radical (unpaired) electrons. The van der Waals surface area contributed by atoms with Crippen molar-refractivity contribution < 1.29 is 6.85 Å². The van der Waals surface area contributed by atoms with Crippen molar-refractivity contribution in [3.05, 3.63) is 144 Å². The van der Waals surface area contributed by atoms with E-state index in [9.17, 15) is 0 Å². The molecular weight excluding hydrogens is 444 g/mol. The second-order valence-corrected chi connectivity index (χ2v) is 8.75. The summed E-state index contributed by atoms with van der Waals surface area (Å²) in [5, 5.41) is 2.53. The van der Waals surface area contributed by atoms with Crippen LogP contribution in [0.4, 0.5) is 0 Å². The number of rotatable bonds is 4. The van der Waals surface area contributed by atoms with Gasteiger partial charge in [0.05, 0.1) is 6.85 Å². The number of fused-ring (bicyclic) bond motifs is 1. The Kier molecular flexibility index (Phi) is 4.36. The molecule has 0 N–H and O–H groups in total. The molecule has 0 atom stereocenters. The molecule has 0 saturated heterocycles. The highest BCUT2D eigenvalue weighted by molar-refractivity contribution is 6.31. The largest absolute Gasteiger partial charge is 0.0843 e. The normalized spacial score (nSPS) is 13.0. The van der Waals surface area contributed by atoms with Gasteiger partial charge in [0.1, 0.15) is 0 Å². The Hall–Kier alpha value is -4.13. The van der Waals surface area contributed by atoms with Crippen molar-refractivity contribution in [3.8, 4) is 44.5 Å². The fraction of sp³-hybridized carbons (Fsp3) is 0. The molecule has 0 aromatic heterocycles. The van der Waals surface area contributed by atoms with E-state index in [-0.39, 0.29) is 29.7 Å². The summed E-state index contributed by atoms with van der Waals surface area (Å²) in [4.78, 5) is 0. The SMILES string of the molecule is [2H]c1c([2H])c([2H])c(-c2ccc3cccc(-c4ccc(Cl)cc4-c4ccccc4)c3c2-c2ccccc2)c([2H])c1[2H]. The Balaban J connectivity index is 1.78. The van der Waals surface area contributed by atoms with Gasteiger partial charge in [-0.3, -0.25) is 0 Å². The van der Waals surface area contributed by atoms with Gasteiger partial charge < -0.3 is 0 Å². The smallest absolute Gasteiger partial charge is 0.0629 e. The highest BCUT2D eigenvalue weighted by Gasteiger charge is 2.17. The molecule has 35 heavy (non-hydrogen) atoms. The van der Waals surface area contributed by atoms with Gasteiger partial charge in [-0.2, -0.15) is 0 Å². The zero-order valence-corrected chi connectivity index (χ0v) is 19.5. The highest BCUT2D eigenvalue weighted by atomic mass is 35.5. The molecule has 0 aliphatic carbocycles. The summed E-state index contributed by atoms with van der Waals surface area (Å²) in [5.41, 5.74) is 6.41. The van der Waals surface area contributed by atoms with E-state index < -0.39 is 6.04 Å². The third-order valence-corrected chi connectivity index (χ3v) is 6.47. The fourth-order valence-corrected chi connectivity index (χ4v) is 4.88. The van der Waals surface area contributed by atoms with Gasteiger partial charge in [0.25, 0.3) is 0 Å². The van der Waals surface area contributed by atoms with Gasteiger partial charge in [0, 0.05) is 5.02 Å². The van der Waals surface area contributed by atoms with Crippen molar-refractivity contribution in [1.29, 1.82) is 0 Å². The summed E-state index contributed by atoms with van der Waals surface area (Å²) >= 11 is 6.49. The first kappa shape index (κ1) is 16.5. The Labute approximate surface area is 218 Å². The summed E-state index contributed by atoms with van der Waals surface area (Å²) in [5.74, 6) is 0. The molecule has 0 spiro atoms. The Morgan fingerprint density at radius 1 is 0.486 bits per heavy atom. The zero-order chi connectivity index (χ0) is 28.0. The van der Waals surface area contributed by atoms with Gasteiger partial charge in [-0.1, -0.05) is 139 Å². The van der Waals surface area contributed by atoms with Crippen LogP contribution in [0.3, 0.4) is 0 Å². The van der Waals surface area contributed by atoms with Gasteiger partial charge in [0.2, 0.25) is 0 Å². The number of hydrogen-bond acceptors (Lipinski definition) is 0. The first-order valence-corrected chi connectivity index (χ1v) is 11.8. The zero-order valence-electron chi connectivity index (χ0n) is 23.8. The van der Waals surface area contributed by atoms with Crippen molar-refractivity contribution in [2.24, 2.45) is 0 Å². The van der Waals surface area contributed by atoms with Gasteiger partial charge in [-0.15, -0.1) is 0 Å². The minimum absolute atomic E-state index is 0.181. The van der Waals surface area contributed by atoms with Crippen LogP contribution < -0.4 is 0 Å². The molecule has 0 bridgehead atoms. The average Bonchev–Trinajstić information content (AvgIpc) is 2.99. The topological polar surface area (TPSA) is 0 Å². The second kappa shape index (κ2) is 9.25. The molecular formula is C34H23Cl. The maximum absolute atomic E-state index is 8.74. The fourth-order valence-electron chi connectivity index (χ4n) is 4.71. The Morgan fingerprint density at radius 3 is 1.91 bits per heavy atom. The van der Waals surface area contributed by atoms with Crippen LogP contribution in [0.2, 0.25) is 5.02 Å². The molecule has 166 valence electrons. The van der Waals surface area contributed by atoms with Crippen LogP contribution in [-0.4, -0.2) is 0 Å². The lowest BCUT2D eigenvalue weighted by atomic mass is 9.84. The molecule has 6 aromatic rings. The number of benzene rings is 6. The number of halogens is 1. The second-order valence-electron chi connectivity index (χ2n) is 8.31. The average molecular weight is 472 g/mol. The molecule has 0 nitrogen and oxygen atoms in total.